The molecule has 2 atom stereocenters. The number of aliphatic hydroxyl groups excluding tert-OH is 1. The molecule has 12 nitrogen and oxygen atoms in total. The first-order valence-corrected chi connectivity index (χ1v) is 16.9. The summed E-state index contributed by atoms with van der Waals surface area (Å²) in [7, 11) is -7.55. The number of anilines is 2. The second-order valence-corrected chi connectivity index (χ2v) is 14.3. The van der Waals surface area contributed by atoms with Crippen molar-refractivity contribution in [2.45, 2.75) is 61.6 Å². The number of nitrogens with zero attached hydrogens (tertiary/aromatic N) is 2. The molecule has 2 aromatic carbocycles. The van der Waals surface area contributed by atoms with Crippen molar-refractivity contribution in [2.24, 2.45) is 0 Å². The van der Waals surface area contributed by atoms with E-state index in [1.54, 1.807) is 19.1 Å². The number of hydrogen-bond acceptors (Lipinski definition) is 9. The molecule has 0 bridgehead atoms. The van der Waals surface area contributed by atoms with Gasteiger partial charge in [0.15, 0.2) is 0 Å². The van der Waals surface area contributed by atoms with Crippen LogP contribution in [0.1, 0.15) is 50.7 Å². The number of carboxylic acid groups (broad SMARTS) is 1. The molecule has 0 saturated carbocycles. The average molecular weight is 611 g/mol. The van der Waals surface area contributed by atoms with E-state index in [2.05, 4.69) is 14.9 Å². The Hall–Kier alpha value is -2.91. The molecule has 2 aromatic rings. The van der Waals surface area contributed by atoms with Crippen molar-refractivity contribution in [3.63, 3.8) is 0 Å². The van der Waals surface area contributed by atoms with Gasteiger partial charge >= 0.3 is 5.97 Å². The zero-order chi connectivity index (χ0) is 30.0. The van der Waals surface area contributed by atoms with Gasteiger partial charge in [0.25, 0.3) is 0 Å². The maximum atomic E-state index is 13.3. The molecule has 4 rings (SSSR count). The Labute approximate surface area is 241 Å². The number of nitrogens with one attached hydrogen (secondary N) is 2. The van der Waals surface area contributed by atoms with Crippen LogP contribution in [0.5, 0.6) is 5.75 Å². The van der Waals surface area contributed by atoms with Gasteiger partial charge in [-0.05, 0) is 74.1 Å². The summed E-state index contributed by atoms with van der Waals surface area (Å²) in [6.45, 7) is 3.56. The number of phenolic OH excluding ortho intramolecular Hbond substituents is 1. The Bertz CT molecular complexity index is 1460. The zero-order valence-corrected chi connectivity index (χ0v) is 24.8. The largest absolute Gasteiger partial charge is 0.506 e. The summed E-state index contributed by atoms with van der Waals surface area (Å²) in [5.74, 6) is -1.35. The molecule has 2 saturated heterocycles. The van der Waals surface area contributed by atoms with Crippen LogP contribution in [0.25, 0.3) is 0 Å². The SMILES string of the molecule is CC[C@@]1(C(=O)O)CCCN1S(=O)(=O)c1ccc(N2CCC(NC[C@H](O)c3ccc(O)c(NS(C)(=O)=O)c3)CC2)cc1. The third-order valence-electron chi connectivity index (χ3n) is 8.00. The topological polar surface area (TPSA) is 177 Å². The average Bonchev–Trinajstić information content (AvgIpc) is 3.39. The Balaban J connectivity index is 1.32. The quantitative estimate of drug-likeness (QED) is 0.237. The number of carboxylic acids is 1. The maximum absolute atomic E-state index is 13.3. The van der Waals surface area contributed by atoms with Gasteiger partial charge in [-0.1, -0.05) is 13.0 Å². The Morgan fingerprint density at radius 1 is 1.07 bits per heavy atom. The fourth-order valence-corrected chi connectivity index (χ4v) is 8.08. The van der Waals surface area contributed by atoms with Crippen molar-refractivity contribution in [3.8, 4) is 5.75 Å². The van der Waals surface area contributed by atoms with Gasteiger partial charge in [-0.25, -0.2) is 16.8 Å². The Morgan fingerprint density at radius 2 is 1.73 bits per heavy atom. The second-order valence-electron chi connectivity index (χ2n) is 10.7. The van der Waals surface area contributed by atoms with E-state index in [9.17, 15) is 36.9 Å². The molecule has 2 heterocycles. The molecule has 2 aliphatic heterocycles. The number of hydrogen-bond donors (Lipinski definition) is 5. The van der Waals surface area contributed by atoms with E-state index >= 15 is 0 Å². The van der Waals surface area contributed by atoms with Gasteiger partial charge < -0.3 is 25.5 Å². The number of aliphatic carboxylic acids is 1. The van der Waals surface area contributed by atoms with Crippen LogP contribution >= 0.6 is 0 Å². The number of aromatic hydroxyl groups is 1. The van der Waals surface area contributed by atoms with Crippen molar-refractivity contribution < 1.29 is 36.9 Å². The number of carbonyl (C=O) groups is 1. The van der Waals surface area contributed by atoms with E-state index in [4.69, 9.17) is 0 Å². The number of aliphatic hydroxyl groups is 1. The molecular formula is C27H38N4O8S2. The van der Waals surface area contributed by atoms with Crippen LogP contribution in [0.4, 0.5) is 11.4 Å². The van der Waals surface area contributed by atoms with E-state index in [1.165, 1.54) is 30.3 Å². The molecule has 2 fully saturated rings. The minimum absolute atomic E-state index is 0.00294. The van der Waals surface area contributed by atoms with Crippen molar-refractivity contribution in [1.29, 1.82) is 0 Å². The normalized spacial score (nSPS) is 21.6. The fraction of sp³-hybridized carbons (Fsp3) is 0.519. The summed E-state index contributed by atoms with van der Waals surface area (Å²) in [4.78, 5) is 14.2. The van der Waals surface area contributed by atoms with Crippen LogP contribution in [-0.4, -0.2) is 86.4 Å². The highest BCUT2D eigenvalue weighted by Gasteiger charge is 2.52. The lowest BCUT2D eigenvalue weighted by Crippen LogP contribution is -2.52. The molecule has 41 heavy (non-hydrogen) atoms. The number of piperidine rings is 1. The lowest BCUT2D eigenvalue weighted by molar-refractivity contribution is -0.147. The summed E-state index contributed by atoms with van der Waals surface area (Å²) >= 11 is 0. The van der Waals surface area contributed by atoms with Gasteiger partial charge in [-0.2, -0.15) is 4.31 Å². The summed E-state index contributed by atoms with van der Waals surface area (Å²) in [5, 5.41) is 33.7. The predicted molar refractivity (Wildman–Crippen MR) is 155 cm³/mol. The highest BCUT2D eigenvalue weighted by molar-refractivity contribution is 7.92. The maximum Gasteiger partial charge on any atom is 0.325 e. The van der Waals surface area contributed by atoms with Gasteiger partial charge in [-0.15, -0.1) is 0 Å². The third kappa shape index (κ3) is 6.78. The molecule has 14 heteroatoms. The van der Waals surface area contributed by atoms with Gasteiger partial charge in [0.2, 0.25) is 20.0 Å². The molecule has 0 amide bonds. The first-order valence-electron chi connectivity index (χ1n) is 13.6. The molecule has 0 aliphatic carbocycles. The number of benzene rings is 2. The Kier molecular flexibility index (Phi) is 9.19. The lowest BCUT2D eigenvalue weighted by Gasteiger charge is -2.35. The monoisotopic (exact) mass is 610 g/mol. The molecule has 0 aromatic heterocycles. The van der Waals surface area contributed by atoms with E-state index in [1.807, 2.05) is 0 Å². The van der Waals surface area contributed by atoms with E-state index < -0.39 is 37.7 Å². The van der Waals surface area contributed by atoms with Gasteiger partial charge in [0.1, 0.15) is 11.3 Å². The highest BCUT2D eigenvalue weighted by Crippen LogP contribution is 2.38. The minimum Gasteiger partial charge on any atom is -0.506 e. The summed E-state index contributed by atoms with van der Waals surface area (Å²) < 4.78 is 53.1. The molecule has 226 valence electrons. The lowest BCUT2D eigenvalue weighted by atomic mass is 9.95. The fourth-order valence-electron chi connectivity index (χ4n) is 5.66. The summed E-state index contributed by atoms with van der Waals surface area (Å²) in [5.41, 5.74) is -0.0678. The molecule has 0 spiro atoms. The van der Waals surface area contributed by atoms with Crippen LogP contribution in [-0.2, 0) is 24.8 Å². The first kappa shape index (κ1) is 31.0. The van der Waals surface area contributed by atoms with Crippen molar-refractivity contribution >= 4 is 37.4 Å². The molecule has 5 N–H and O–H groups in total. The van der Waals surface area contributed by atoms with Crippen LogP contribution in [0.3, 0.4) is 0 Å². The standard InChI is InChI=1S/C27H38N4O8S2/c1-3-27(26(34)35)13-4-14-31(27)41(38,39)22-8-6-21(7-9-22)30-15-11-20(12-16-30)28-18-25(33)19-5-10-24(32)23(17-19)29-40(2,36)37/h5-10,17,20,25,28-29,32-33H,3-4,11-16,18H2,1-2H3,(H,34,35)/t25-,27-/m0/s1. The third-order valence-corrected chi connectivity index (χ3v) is 10.6. The number of phenols is 1. The smallest absolute Gasteiger partial charge is 0.325 e. The van der Waals surface area contributed by atoms with Crippen molar-refractivity contribution in [3.05, 3.63) is 48.0 Å². The number of sulfonamides is 2. The van der Waals surface area contributed by atoms with Gasteiger partial charge in [0.05, 0.1) is 22.9 Å². The van der Waals surface area contributed by atoms with Gasteiger partial charge in [0, 0.05) is 37.9 Å². The first-order chi connectivity index (χ1) is 19.3. The molecule has 2 aliphatic rings. The van der Waals surface area contributed by atoms with E-state index in [0.29, 0.717) is 31.5 Å². The summed E-state index contributed by atoms with van der Waals surface area (Å²) in [6.07, 6.45) is 2.65. The molecular weight excluding hydrogens is 572 g/mol. The second kappa shape index (κ2) is 12.1. The highest BCUT2D eigenvalue weighted by atomic mass is 32.2. The summed E-state index contributed by atoms with van der Waals surface area (Å²) in [6, 6.07) is 11.0. The Morgan fingerprint density at radius 3 is 2.32 bits per heavy atom. The minimum atomic E-state index is -3.96. The zero-order valence-electron chi connectivity index (χ0n) is 23.2. The predicted octanol–water partition coefficient (Wildman–Crippen LogP) is 2.07. The molecule has 0 radical (unpaired) electrons. The van der Waals surface area contributed by atoms with Crippen LogP contribution in [0.15, 0.2) is 47.4 Å². The number of rotatable bonds is 11. The van der Waals surface area contributed by atoms with Crippen LogP contribution in [0, 0.1) is 0 Å². The van der Waals surface area contributed by atoms with Crippen LogP contribution < -0.4 is 14.9 Å². The van der Waals surface area contributed by atoms with E-state index in [0.717, 1.165) is 29.1 Å². The van der Waals surface area contributed by atoms with Gasteiger partial charge in [-0.3, -0.25) is 9.52 Å². The van der Waals surface area contributed by atoms with Crippen molar-refractivity contribution in [1.82, 2.24) is 9.62 Å². The van der Waals surface area contributed by atoms with Crippen LogP contribution in [0.2, 0.25) is 0 Å². The molecule has 0 unspecified atom stereocenters. The van der Waals surface area contributed by atoms with Crippen molar-refractivity contribution in [2.75, 3.05) is 42.1 Å². The van der Waals surface area contributed by atoms with E-state index in [-0.39, 0.29) is 41.9 Å².